The van der Waals surface area contributed by atoms with Crippen molar-refractivity contribution in [2.75, 3.05) is 17.7 Å². The molecule has 4 N–H and O–H groups in total. The van der Waals surface area contributed by atoms with Crippen LogP contribution in [0.25, 0.3) is 0 Å². The first-order valence-corrected chi connectivity index (χ1v) is 6.63. The average Bonchev–Trinajstić information content (AvgIpc) is 2.85. The van der Waals surface area contributed by atoms with Crippen molar-refractivity contribution in [1.82, 2.24) is 0 Å². The molecule has 0 saturated carbocycles. The van der Waals surface area contributed by atoms with Crippen molar-refractivity contribution in [3.05, 3.63) is 59.2 Å². The molecule has 2 aromatic carbocycles. The highest BCUT2D eigenvalue weighted by atomic mass is 16.1. The van der Waals surface area contributed by atoms with Crippen LogP contribution in [0.5, 0.6) is 0 Å². The molecule has 1 aliphatic heterocycles. The Balaban J connectivity index is 1.88. The van der Waals surface area contributed by atoms with E-state index in [4.69, 9.17) is 5.73 Å². The van der Waals surface area contributed by atoms with Gasteiger partial charge in [-0.05, 0) is 34.9 Å². The fourth-order valence-electron chi connectivity index (χ4n) is 2.49. The average molecular weight is 267 g/mol. The molecule has 1 atom stereocenters. The maximum atomic E-state index is 11.4. The molecule has 4 heteroatoms. The zero-order valence-electron chi connectivity index (χ0n) is 11.3. The Hall–Kier alpha value is -2.33. The minimum Gasteiger partial charge on any atom is -0.388 e. The number of nitrogens with two attached hydrogens (primary N) is 1. The van der Waals surface area contributed by atoms with E-state index < -0.39 is 0 Å². The Morgan fingerprint density at radius 1 is 1.15 bits per heavy atom. The number of hydrogen-bond acceptors (Lipinski definition) is 3. The highest BCUT2D eigenvalue weighted by molar-refractivity contribution is 5.99. The van der Waals surface area contributed by atoms with E-state index in [1.807, 2.05) is 49.5 Å². The molecule has 102 valence electrons. The lowest BCUT2D eigenvalue weighted by molar-refractivity contribution is -0.115. The van der Waals surface area contributed by atoms with Gasteiger partial charge < -0.3 is 16.4 Å². The third kappa shape index (κ3) is 2.26. The van der Waals surface area contributed by atoms with Gasteiger partial charge in [-0.1, -0.05) is 24.3 Å². The first kappa shape index (κ1) is 12.7. The molecule has 1 aliphatic rings. The van der Waals surface area contributed by atoms with E-state index in [9.17, 15) is 4.79 Å². The maximum absolute atomic E-state index is 11.4. The molecule has 20 heavy (non-hydrogen) atoms. The summed E-state index contributed by atoms with van der Waals surface area (Å²) in [5, 5.41) is 5.92. The summed E-state index contributed by atoms with van der Waals surface area (Å²) in [4.78, 5) is 11.4. The van der Waals surface area contributed by atoms with E-state index in [0.29, 0.717) is 6.42 Å². The van der Waals surface area contributed by atoms with Crippen LogP contribution in [0.3, 0.4) is 0 Å². The Bertz CT molecular complexity index is 649. The second-order valence-corrected chi connectivity index (χ2v) is 4.99. The van der Waals surface area contributed by atoms with Gasteiger partial charge in [0, 0.05) is 18.4 Å². The van der Waals surface area contributed by atoms with Crippen molar-refractivity contribution in [1.29, 1.82) is 0 Å². The van der Waals surface area contributed by atoms with Crippen LogP contribution in [0.4, 0.5) is 11.4 Å². The highest BCUT2D eigenvalue weighted by Crippen LogP contribution is 2.28. The fourth-order valence-corrected chi connectivity index (χ4v) is 2.49. The fraction of sp³-hybridized carbons (Fsp3) is 0.188. The second kappa shape index (κ2) is 4.98. The number of carbonyl (C=O) groups is 1. The molecule has 2 aromatic rings. The van der Waals surface area contributed by atoms with Gasteiger partial charge in [-0.25, -0.2) is 0 Å². The van der Waals surface area contributed by atoms with Crippen LogP contribution in [0.1, 0.15) is 22.7 Å². The molecule has 0 radical (unpaired) electrons. The van der Waals surface area contributed by atoms with Gasteiger partial charge >= 0.3 is 0 Å². The molecule has 0 bridgehead atoms. The van der Waals surface area contributed by atoms with E-state index in [-0.39, 0.29) is 11.9 Å². The van der Waals surface area contributed by atoms with E-state index in [0.717, 1.165) is 28.1 Å². The Labute approximate surface area is 118 Å². The molecule has 0 saturated heterocycles. The monoisotopic (exact) mass is 267 g/mol. The lowest BCUT2D eigenvalue weighted by Gasteiger charge is -2.14. The third-order valence-corrected chi connectivity index (χ3v) is 3.67. The van der Waals surface area contributed by atoms with Crippen molar-refractivity contribution < 1.29 is 4.79 Å². The summed E-state index contributed by atoms with van der Waals surface area (Å²) in [5.41, 5.74) is 11.4. The van der Waals surface area contributed by atoms with Crippen molar-refractivity contribution in [3.8, 4) is 0 Å². The van der Waals surface area contributed by atoms with Gasteiger partial charge in [0.25, 0.3) is 0 Å². The van der Waals surface area contributed by atoms with Crippen molar-refractivity contribution >= 4 is 17.3 Å². The zero-order valence-corrected chi connectivity index (χ0v) is 11.3. The number of benzene rings is 2. The van der Waals surface area contributed by atoms with Crippen LogP contribution < -0.4 is 16.4 Å². The van der Waals surface area contributed by atoms with E-state index in [1.165, 1.54) is 0 Å². The molecule has 1 amide bonds. The molecule has 1 heterocycles. The third-order valence-electron chi connectivity index (χ3n) is 3.67. The summed E-state index contributed by atoms with van der Waals surface area (Å²) < 4.78 is 0. The SMILES string of the molecule is CNc1ccc(C(N)c2ccc3c(c2)CC(=O)N3)cc1. The zero-order chi connectivity index (χ0) is 14.1. The Morgan fingerprint density at radius 3 is 2.55 bits per heavy atom. The van der Waals surface area contributed by atoms with Gasteiger partial charge in [0.2, 0.25) is 5.91 Å². The number of carbonyl (C=O) groups excluding carboxylic acids is 1. The second-order valence-electron chi connectivity index (χ2n) is 4.99. The summed E-state index contributed by atoms with van der Waals surface area (Å²) in [6.45, 7) is 0. The van der Waals surface area contributed by atoms with Crippen molar-refractivity contribution in [2.45, 2.75) is 12.5 Å². The van der Waals surface area contributed by atoms with Crippen molar-refractivity contribution in [3.63, 3.8) is 0 Å². The number of nitrogens with one attached hydrogen (secondary N) is 2. The topological polar surface area (TPSA) is 67.1 Å². The minimum atomic E-state index is -0.179. The number of rotatable bonds is 3. The van der Waals surface area contributed by atoms with E-state index >= 15 is 0 Å². The van der Waals surface area contributed by atoms with Gasteiger partial charge in [0.05, 0.1) is 12.5 Å². The minimum absolute atomic E-state index is 0.0455. The normalized spacial score (nSPS) is 14.6. The van der Waals surface area contributed by atoms with Gasteiger partial charge in [-0.15, -0.1) is 0 Å². The molecule has 3 rings (SSSR count). The van der Waals surface area contributed by atoms with Crippen LogP contribution in [-0.4, -0.2) is 13.0 Å². The predicted octanol–water partition coefficient (Wildman–Crippen LogP) is 2.27. The molecule has 0 aliphatic carbocycles. The van der Waals surface area contributed by atoms with E-state index in [2.05, 4.69) is 10.6 Å². The highest BCUT2D eigenvalue weighted by Gasteiger charge is 2.19. The lowest BCUT2D eigenvalue weighted by atomic mass is 9.97. The summed E-state index contributed by atoms with van der Waals surface area (Å²) in [5.74, 6) is 0.0455. The smallest absolute Gasteiger partial charge is 0.228 e. The predicted molar refractivity (Wildman–Crippen MR) is 80.8 cm³/mol. The van der Waals surface area contributed by atoms with Gasteiger partial charge in [0.15, 0.2) is 0 Å². The number of fused-ring (bicyclic) bond motifs is 1. The van der Waals surface area contributed by atoms with Crippen LogP contribution in [0, 0.1) is 0 Å². The molecular formula is C16H17N3O. The van der Waals surface area contributed by atoms with Crippen LogP contribution in [-0.2, 0) is 11.2 Å². The molecule has 4 nitrogen and oxygen atoms in total. The van der Waals surface area contributed by atoms with Gasteiger partial charge in [0.1, 0.15) is 0 Å². The lowest BCUT2D eigenvalue weighted by Crippen LogP contribution is -2.12. The summed E-state index contributed by atoms with van der Waals surface area (Å²) in [6, 6.07) is 13.8. The largest absolute Gasteiger partial charge is 0.388 e. The van der Waals surface area contributed by atoms with E-state index in [1.54, 1.807) is 0 Å². The molecule has 0 aromatic heterocycles. The summed E-state index contributed by atoms with van der Waals surface area (Å²) in [6.07, 6.45) is 0.439. The number of hydrogen-bond donors (Lipinski definition) is 3. The Morgan fingerprint density at radius 2 is 1.85 bits per heavy atom. The van der Waals surface area contributed by atoms with Gasteiger partial charge in [-0.2, -0.15) is 0 Å². The molecule has 0 spiro atoms. The van der Waals surface area contributed by atoms with Gasteiger partial charge in [-0.3, -0.25) is 4.79 Å². The number of amides is 1. The molecule has 0 fully saturated rings. The standard InChI is InChI=1S/C16H17N3O/c1-18-13-5-2-10(3-6-13)16(17)11-4-7-14-12(8-11)9-15(20)19-14/h2-8,16,18H,9,17H2,1H3,(H,19,20). The summed E-state index contributed by atoms with van der Waals surface area (Å²) in [7, 11) is 1.89. The van der Waals surface area contributed by atoms with Crippen LogP contribution in [0.15, 0.2) is 42.5 Å². The first-order chi connectivity index (χ1) is 9.67. The quantitative estimate of drug-likeness (QED) is 0.799. The number of anilines is 2. The summed E-state index contributed by atoms with van der Waals surface area (Å²) >= 11 is 0. The maximum Gasteiger partial charge on any atom is 0.228 e. The first-order valence-electron chi connectivity index (χ1n) is 6.63. The molecule has 1 unspecified atom stereocenters. The van der Waals surface area contributed by atoms with Crippen molar-refractivity contribution in [2.24, 2.45) is 5.73 Å². The Kier molecular flexibility index (Phi) is 3.16. The van der Waals surface area contributed by atoms with Crippen LogP contribution in [0.2, 0.25) is 0 Å². The van der Waals surface area contributed by atoms with Crippen LogP contribution >= 0.6 is 0 Å². The molecular weight excluding hydrogens is 250 g/mol.